The number of ether oxygens (including phenoxy) is 1. The summed E-state index contributed by atoms with van der Waals surface area (Å²) in [5, 5.41) is 8.90. The number of hydrogen-bond donors (Lipinski definition) is 0. The van der Waals surface area contributed by atoms with E-state index in [-0.39, 0.29) is 17.7 Å². The molecule has 0 N–H and O–H groups in total. The molecule has 1 aliphatic rings. The standard InChI is InChI=1S/C26H20N2O3S/c1-18-6-8-20(9-7-18)17-31-23-12-10-19(11-13-23)14-24-25(29)28(26(30)32-24)16-22-5-3-2-4-21(22)15-27/h2-14H,16-17H2,1H3/b24-14+. The summed E-state index contributed by atoms with van der Waals surface area (Å²) in [6.45, 7) is 2.60. The van der Waals surface area contributed by atoms with Gasteiger partial charge in [0, 0.05) is 0 Å². The van der Waals surface area contributed by atoms with Gasteiger partial charge in [0.15, 0.2) is 0 Å². The van der Waals surface area contributed by atoms with Crippen molar-refractivity contribution in [3.8, 4) is 11.8 Å². The van der Waals surface area contributed by atoms with E-state index in [9.17, 15) is 14.9 Å². The summed E-state index contributed by atoms with van der Waals surface area (Å²) in [4.78, 5) is 26.7. The number of carbonyl (C=O) groups excluding carboxylic acids is 2. The molecule has 0 aromatic heterocycles. The van der Waals surface area contributed by atoms with Gasteiger partial charge in [-0.2, -0.15) is 5.26 Å². The van der Waals surface area contributed by atoms with Crippen LogP contribution < -0.4 is 4.74 Å². The first-order valence-corrected chi connectivity index (χ1v) is 10.9. The summed E-state index contributed by atoms with van der Waals surface area (Å²) in [6, 6.07) is 24.6. The van der Waals surface area contributed by atoms with Crippen LogP contribution in [0, 0.1) is 18.3 Å². The van der Waals surface area contributed by atoms with Crippen molar-refractivity contribution in [1.82, 2.24) is 4.90 Å². The van der Waals surface area contributed by atoms with E-state index in [0.717, 1.165) is 28.6 Å². The highest BCUT2D eigenvalue weighted by molar-refractivity contribution is 8.18. The first-order valence-electron chi connectivity index (χ1n) is 10.1. The molecule has 0 saturated carbocycles. The van der Waals surface area contributed by atoms with E-state index in [0.29, 0.717) is 22.6 Å². The average Bonchev–Trinajstić information content (AvgIpc) is 3.07. The van der Waals surface area contributed by atoms with Crippen LogP contribution in [0.1, 0.15) is 27.8 Å². The summed E-state index contributed by atoms with van der Waals surface area (Å²) < 4.78 is 5.82. The lowest BCUT2D eigenvalue weighted by Gasteiger charge is -2.13. The van der Waals surface area contributed by atoms with Gasteiger partial charge in [0.2, 0.25) is 0 Å². The Hall–Kier alpha value is -3.82. The van der Waals surface area contributed by atoms with Crippen molar-refractivity contribution >= 4 is 29.0 Å². The Kier molecular flexibility index (Phi) is 6.39. The normalized spacial score (nSPS) is 14.6. The predicted octanol–water partition coefficient (Wildman–Crippen LogP) is 5.68. The summed E-state index contributed by atoms with van der Waals surface area (Å²) in [5.74, 6) is 0.372. The number of thioether (sulfide) groups is 1. The highest BCUT2D eigenvalue weighted by atomic mass is 32.2. The topological polar surface area (TPSA) is 70.4 Å². The average molecular weight is 441 g/mol. The van der Waals surface area contributed by atoms with Crippen LogP contribution in [0.25, 0.3) is 6.08 Å². The van der Waals surface area contributed by atoms with E-state index >= 15 is 0 Å². The zero-order valence-electron chi connectivity index (χ0n) is 17.4. The summed E-state index contributed by atoms with van der Waals surface area (Å²) >= 11 is 0.907. The number of aryl methyl sites for hydroxylation is 1. The van der Waals surface area contributed by atoms with Crippen LogP contribution in [0.5, 0.6) is 5.75 Å². The van der Waals surface area contributed by atoms with Gasteiger partial charge in [-0.25, -0.2) is 0 Å². The van der Waals surface area contributed by atoms with E-state index in [1.165, 1.54) is 10.5 Å². The molecule has 0 bridgehead atoms. The SMILES string of the molecule is Cc1ccc(COc2ccc(/C=C3/SC(=O)N(Cc4ccccc4C#N)C3=O)cc2)cc1. The molecule has 1 fully saturated rings. The Bertz CT molecular complexity index is 1230. The predicted molar refractivity (Wildman–Crippen MR) is 125 cm³/mol. The molecule has 0 radical (unpaired) electrons. The number of nitriles is 1. The third kappa shape index (κ3) is 4.90. The van der Waals surface area contributed by atoms with Gasteiger partial charge in [-0.1, -0.05) is 60.2 Å². The van der Waals surface area contributed by atoms with Crippen molar-refractivity contribution < 1.29 is 14.3 Å². The molecule has 0 unspecified atom stereocenters. The first-order chi connectivity index (χ1) is 15.5. The van der Waals surface area contributed by atoms with Crippen LogP contribution in [-0.4, -0.2) is 16.0 Å². The number of rotatable bonds is 6. The van der Waals surface area contributed by atoms with Gasteiger partial charge in [0.1, 0.15) is 12.4 Å². The maximum atomic E-state index is 12.8. The van der Waals surface area contributed by atoms with Crippen LogP contribution in [0.3, 0.4) is 0 Å². The highest BCUT2D eigenvalue weighted by Crippen LogP contribution is 2.33. The van der Waals surface area contributed by atoms with Crippen molar-refractivity contribution in [1.29, 1.82) is 5.26 Å². The van der Waals surface area contributed by atoms with Gasteiger partial charge in [0.25, 0.3) is 11.1 Å². The summed E-state index contributed by atoms with van der Waals surface area (Å²) in [5.41, 5.74) is 4.20. The number of benzene rings is 3. The molecule has 4 rings (SSSR count). The van der Waals surface area contributed by atoms with Crippen molar-refractivity contribution in [2.45, 2.75) is 20.1 Å². The second-order valence-corrected chi connectivity index (χ2v) is 8.37. The number of amides is 2. The van der Waals surface area contributed by atoms with Gasteiger partial charge in [-0.15, -0.1) is 0 Å². The maximum Gasteiger partial charge on any atom is 0.293 e. The molecule has 0 spiro atoms. The second kappa shape index (κ2) is 9.54. The Morgan fingerprint density at radius 2 is 1.72 bits per heavy atom. The highest BCUT2D eigenvalue weighted by Gasteiger charge is 2.35. The third-order valence-electron chi connectivity index (χ3n) is 5.04. The molecule has 2 amide bonds. The fourth-order valence-corrected chi connectivity index (χ4v) is 4.07. The fraction of sp³-hybridized carbons (Fsp3) is 0.115. The molecule has 1 saturated heterocycles. The number of imide groups is 1. The summed E-state index contributed by atoms with van der Waals surface area (Å²) in [6.07, 6.45) is 1.70. The molecule has 6 heteroatoms. The molecule has 0 aliphatic carbocycles. The molecule has 3 aromatic rings. The minimum Gasteiger partial charge on any atom is -0.489 e. The Balaban J connectivity index is 1.42. The van der Waals surface area contributed by atoms with Crippen LogP contribution in [0.4, 0.5) is 4.79 Å². The van der Waals surface area contributed by atoms with Crippen molar-refractivity contribution in [3.63, 3.8) is 0 Å². The van der Waals surface area contributed by atoms with E-state index < -0.39 is 0 Å². The molecule has 158 valence electrons. The minimum atomic E-state index is -0.354. The molecule has 5 nitrogen and oxygen atoms in total. The monoisotopic (exact) mass is 440 g/mol. The molecular weight excluding hydrogens is 420 g/mol. The third-order valence-corrected chi connectivity index (χ3v) is 5.95. The molecular formula is C26H20N2O3S. The van der Waals surface area contributed by atoms with Gasteiger partial charge >= 0.3 is 0 Å². The fourth-order valence-electron chi connectivity index (χ4n) is 3.24. The lowest BCUT2D eigenvalue weighted by molar-refractivity contribution is -0.123. The Morgan fingerprint density at radius 1 is 1.00 bits per heavy atom. The van der Waals surface area contributed by atoms with Gasteiger partial charge < -0.3 is 4.74 Å². The van der Waals surface area contributed by atoms with E-state index in [1.807, 2.05) is 55.5 Å². The first kappa shape index (κ1) is 21.4. The Labute approximate surface area is 190 Å². The number of nitrogens with zero attached hydrogens (tertiary/aromatic N) is 2. The molecule has 1 aliphatic heterocycles. The second-order valence-electron chi connectivity index (χ2n) is 7.38. The zero-order valence-corrected chi connectivity index (χ0v) is 18.3. The van der Waals surface area contributed by atoms with Crippen LogP contribution in [0.15, 0.2) is 77.7 Å². The van der Waals surface area contributed by atoms with Gasteiger partial charge in [-0.3, -0.25) is 14.5 Å². The van der Waals surface area contributed by atoms with Crippen molar-refractivity contribution in [2.24, 2.45) is 0 Å². The maximum absolute atomic E-state index is 12.8. The Morgan fingerprint density at radius 3 is 2.44 bits per heavy atom. The lowest BCUT2D eigenvalue weighted by Crippen LogP contribution is -2.27. The molecule has 1 heterocycles. The minimum absolute atomic E-state index is 0.0809. The van der Waals surface area contributed by atoms with Crippen molar-refractivity contribution in [3.05, 3.63) is 106 Å². The van der Waals surface area contributed by atoms with Crippen molar-refractivity contribution in [2.75, 3.05) is 0 Å². The van der Waals surface area contributed by atoms with E-state index in [2.05, 4.69) is 6.07 Å². The lowest BCUT2D eigenvalue weighted by atomic mass is 10.1. The van der Waals surface area contributed by atoms with Crippen LogP contribution in [0.2, 0.25) is 0 Å². The number of hydrogen-bond acceptors (Lipinski definition) is 5. The smallest absolute Gasteiger partial charge is 0.293 e. The number of carbonyl (C=O) groups is 2. The van der Waals surface area contributed by atoms with Crippen LogP contribution in [-0.2, 0) is 17.9 Å². The largest absolute Gasteiger partial charge is 0.489 e. The van der Waals surface area contributed by atoms with E-state index in [4.69, 9.17) is 4.74 Å². The van der Waals surface area contributed by atoms with Gasteiger partial charge in [-0.05, 0) is 59.7 Å². The molecule has 32 heavy (non-hydrogen) atoms. The molecule has 3 aromatic carbocycles. The summed E-state index contributed by atoms with van der Waals surface area (Å²) in [7, 11) is 0. The van der Waals surface area contributed by atoms with Gasteiger partial charge in [0.05, 0.1) is 23.1 Å². The molecule has 0 atom stereocenters. The van der Waals surface area contributed by atoms with Crippen LogP contribution >= 0.6 is 11.8 Å². The zero-order chi connectivity index (χ0) is 22.5. The quantitative estimate of drug-likeness (QED) is 0.461. The van der Waals surface area contributed by atoms with E-state index in [1.54, 1.807) is 30.3 Å².